The maximum Gasteiger partial charge on any atom is 0.182 e. The van der Waals surface area contributed by atoms with Crippen LogP contribution in [0, 0.1) is 12.8 Å². The minimum absolute atomic E-state index is 0.129. The Morgan fingerprint density at radius 2 is 1.64 bits per heavy atom. The molecule has 0 spiro atoms. The number of aryl methyl sites for hydroxylation is 1. The zero-order valence-corrected chi connectivity index (χ0v) is 13.7. The van der Waals surface area contributed by atoms with Crippen LogP contribution in [-0.4, -0.2) is 25.4 Å². The molecule has 22 heavy (non-hydrogen) atoms. The lowest BCUT2D eigenvalue weighted by atomic mass is 10.1. The van der Waals surface area contributed by atoms with E-state index in [9.17, 15) is 13.5 Å². The van der Waals surface area contributed by atoms with Crippen LogP contribution < -0.4 is 0 Å². The van der Waals surface area contributed by atoms with Crippen molar-refractivity contribution in [2.24, 2.45) is 5.92 Å². The molecule has 5 heteroatoms. The zero-order chi connectivity index (χ0) is 15.9. The first kappa shape index (κ1) is 15.5. The van der Waals surface area contributed by atoms with Crippen molar-refractivity contribution in [2.45, 2.75) is 23.0 Å². The minimum atomic E-state index is -3.47. The van der Waals surface area contributed by atoms with Crippen molar-refractivity contribution in [1.29, 1.82) is 0 Å². The fourth-order valence-electron chi connectivity index (χ4n) is 2.99. The van der Waals surface area contributed by atoms with Crippen LogP contribution >= 0.6 is 11.6 Å². The van der Waals surface area contributed by atoms with Gasteiger partial charge in [0.2, 0.25) is 0 Å². The molecule has 2 aromatic carbocycles. The summed E-state index contributed by atoms with van der Waals surface area (Å²) in [5, 5.41) is 9.47. The van der Waals surface area contributed by atoms with Crippen molar-refractivity contribution in [3.05, 3.63) is 64.7 Å². The zero-order valence-electron chi connectivity index (χ0n) is 12.1. The van der Waals surface area contributed by atoms with Crippen LogP contribution in [0.3, 0.4) is 0 Å². The maximum absolute atomic E-state index is 12.8. The molecule has 0 bridgehead atoms. The van der Waals surface area contributed by atoms with Crippen molar-refractivity contribution in [1.82, 2.24) is 0 Å². The average Bonchev–Trinajstić information content (AvgIpc) is 3.24. The van der Waals surface area contributed by atoms with E-state index >= 15 is 0 Å². The normalized spacial score (nSPS) is 24.2. The Balaban J connectivity index is 1.93. The molecule has 1 aliphatic rings. The van der Waals surface area contributed by atoms with E-state index in [2.05, 4.69) is 0 Å². The van der Waals surface area contributed by atoms with E-state index in [0.717, 1.165) is 11.1 Å². The number of benzene rings is 2. The summed E-state index contributed by atoms with van der Waals surface area (Å²) < 4.78 is 25.5. The Kier molecular flexibility index (Phi) is 4.02. The van der Waals surface area contributed by atoms with E-state index in [1.807, 2.05) is 31.2 Å². The highest BCUT2D eigenvalue weighted by molar-refractivity contribution is 7.92. The molecule has 3 nitrogen and oxygen atoms in total. The Bertz CT molecular complexity index is 767. The van der Waals surface area contributed by atoms with E-state index in [1.54, 1.807) is 12.1 Å². The summed E-state index contributed by atoms with van der Waals surface area (Å²) in [6.45, 7) is 1.86. The molecular formula is C17H17ClO3S. The third kappa shape index (κ3) is 2.67. The Hall–Kier alpha value is -1.36. The van der Waals surface area contributed by atoms with Crippen molar-refractivity contribution < 1.29 is 13.5 Å². The molecule has 1 aliphatic carbocycles. The molecule has 1 fully saturated rings. The second-order valence-electron chi connectivity index (χ2n) is 5.75. The van der Waals surface area contributed by atoms with Crippen LogP contribution in [-0.2, 0) is 9.84 Å². The molecule has 0 amide bonds. The molecule has 1 N–H and O–H groups in total. The fourth-order valence-corrected chi connectivity index (χ4v) is 5.32. The van der Waals surface area contributed by atoms with Crippen molar-refractivity contribution in [3.63, 3.8) is 0 Å². The van der Waals surface area contributed by atoms with Gasteiger partial charge in [0.15, 0.2) is 9.84 Å². The fraction of sp³-hybridized carbons (Fsp3) is 0.294. The molecule has 1 saturated carbocycles. The van der Waals surface area contributed by atoms with Crippen LogP contribution in [0.4, 0.5) is 0 Å². The summed E-state index contributed by atoms with van der Waals surface area (Å²) in [6, 6.07) is 14.0. The van der Waals surface area contributed by atoms with E-state index in [1.165, 1.54) is 12.1 Å². The topological polar surface area (TPSA) is 54.4 Å². The highest BCUT2D eigenvalue weighted by atomic mass is 35.5. The predicted octanol–water partition coefficient (Wildman–Crippen LogP) is 3.20. The van der Waals surface area contributed by atoms with Crippen LogP contribution in [0.15, 0.2) is 53.4 Å². The number of hydrogen-bond acceptors (Lipinski definition) is 3. The third-order valence-electron chi connectivity index (χ3n) is 4.27. The van der Waals surface area contributed by atoms with Gasteiger partial charge in [-0.05, 0) is 36.8 Å². The van der Waals surface area contributed by atoms with Crippen molar-refractivity contribution >= 4 is 21.4 Å². The van der Waals surface area contributed by atoms with Crippen LogP contribution in [0.25, 0.3) is 0 Å². The standard InChI is InChI=1S/C17H17ClO3S/c1-11-2-4-12(5-3-11)16-15(10-19)17(16)22(20,21)14-8-6-13(18)7-9-14/h2-9,15-17,19H,10H2,1H3/t15-,16+,17-/m0/s1. The van der Waals surface area contributed by atoms with Gasteiger partial charge in [-0.2, -0.15) is 0 Å². The molecule has 2 aromatic rings. The summed E-state index contributed by atoms with van der Waals surface area (Å²) in [5.41, 5.74) is 2.09. The molecular weight excluding hydrogens is 320 g/mol. The van der Waals surface area contributed by atoms with Crippen molar-refractivity contribution in [3.8, 4) is 0 Å². The van der Waals surface area contributed by atoms with Crippen LogP contribution in [0.5, 0.6) is 0 Å². The average molecular weight is 337 g/mol. The third-order valence-corrected chi connectivity index (χ3v) is 6.81. The van der Waals surface area contributed by atoms with Gasteiger partial charge in [0, 0.05) is 23.5 Å². The molecule has 0 saturated heterocycles. The predicted molar refractivity (Wildman–Crippen MR) is 86.9 cm³/mol. The van der Waals surface area contributed by atoms with Gasteiger partial charge in [0.1, 0.15) is 0 Å². The summed E-state index contributed by atoms with van der Waals surface area (Å²) in [7, 11) is -3.47. The van der Waals surface area contributed by atoms with Gasteiger partial charge >= 0.3 is 0 Å². The quantitative estimate of drug-likeness (QED) is 0.932. The molecule has 116 valence electrons. The van der Waals surface area contributed by atoms with E-state index in [0.29, 0.717) is 5.02 Å². The maximum atomic E-state index is 12.8. The molecule has 3 atom stereocenters. The number of rotatable bonds is 4. The molecule has 0 radical (unpaired) electrons. The summed E-state index contributed by atoms with van der Waals surface area (Å²) >= 11 is 5.82. The summed E-state index contributed by atoms with van der Waals surface area (Å²) in [4.78, 5) is 0.259. The van der Waals surface area contributed by atoms with Gasteiger partial charge in [-0.25, -0.2) is 8.42 Å². The van der Waals surface area contributed by atoms with Crippen molar-refractivity contribution in [2.75, 3.05) is 6.61 Å². The Morgan fingerprint density at radius 3 is 2.18 bits per heavy atom. The first-order chi connectivity index (χ1) is 10.4. The largest absolute Gasteiger partial charge is 0.396 e. The lowest BCUT2D eigenvalue weighted by Crippen LogP contribution is -2.11. The first-order valence-electron chi connectivity index (χ1n) is 7.12. The lowest BCUT2D eigenvalue weighted by Gasteiger charge is -2.05. The molecule has 0 aromatic heterocycles. The van der Waals surface area contributed by atoms with Gasteiger partial charge in [0.05, 0.1) is 10.1 Å². The van der Waals surface area contributed by atoms with Gasteiger partial charge < -0.3 is 5.11 Å². The second kappa shape index (κ2) is 5.69. The number of aliphatic hydroxyl groups excluding tert-OH is 1. The Labute approximate surface area is 135 Å². The Morgan fingerprint density at radius 1 is 1.05 bits per heavy atom. The van der Waals surface area contributed by atoms with Gasteiger partial charge in [-0.1, -0.05) is 41.4 Å². The van der Waals surface area contributed by atoms with Crippen LogP contribution in [0.1, 0.15) is 17.0 Å². The highest BCUT2D eigenvalue weighted by Crippen LogP contribution is 2.53. The summed E-state index contributed by atoms with van der Waals surface area (Å²) in [6.07, 6.45) is 0. The van der Waals surface area contributed by atoms with Gasteiger partial charge in [0.25, 0.3) is 0 Å². The van der Waals surface area contributed by atoms with Crippen LogP contribution in [0.2, 0.25) is 5.02 Å². The molecule has 3 rings (SSSR count). The number of aliphatic hydroxyl groups is 1. The minimum Gasteiger partial charge on any atom is -0.396 e. The monoisotopic (exact) mass is 336 g/mol. The summed E-state index contributed by atoms with van der Waals surface area (Å²) in [5.74, 6) is -0.394. The molecule has 0 aliphatic heterocycles. The number of halogens is 1. The number of sulfone groups is 1. The van der Waals surface area contributed by atoms with Gasteiger partial charge in [-0.3, -0.25) is 0 Å². The highest BCUT2D eigenvalue weighted by Gasteiger charge is 2.58. The number of hydrogen-bond donors (Lipinski definition) is 1. The first-order valence-corrected chi connectivity index (χ1v) is 9.04. The SMILES string of the molecule is Cc1ccc([C@@H]2[C@H](CO)[C@@H]2S(=O)(=O)c2ccc(Cl)cc2)cc1. The van der Waals surface area contributed by atoms with E-state index in [-0.39, 0.29) is 23.3 Å². The lowest BCUT2D eigenvalue weighted by molar-refractivity contribution is 0.274. The van der Waals surface area contributed by atoms with E-state index < -0.39 is 15.1 Å². The molecule has 0 heterocycles. The smallest absolute Gasteiger partial charge is 0.182 e. The molecule has 0 unspecified atom stereocenters. The van der Waals surface area contributed by atoms with E-state index in [4.69, 9.17) is 11.6 Å². The second-order valence-corrected chi connectivity index (χ2v) is 8.29. The van der Waals surface area contributed by atoms with Gasteiger partial charge in [-0.15, -0.1) is 0 Å².